The number of nitrogens with one attached hydrogen (secondary N) is 2. The van der Waals surface area contributed by atoms with Crippen LogP contribution in [0, 0.1) is 6.92 Å². The van der Waals surface area contributed by atoms with Gasteiger partial charge in [-0.2, -0.15) is 0 Å². The van der Waals surface area contributed by atoms with Gasteiger partial charge in [0.15, 0.2) is 0 Å². The van der Waals surface area contributed by atoms with Gasteiger partial charge in [-0.1, -0.05) is 17.7 Å². The van der Waals surface area contributed by atoms with Crippen molar-refractivity contribution in [2.24, 2.45) is 0 Å². The number of morpholine rings is 1. The minimum absolute atomic E-state index is 0.0473. The molecule has 6 heteroatoms. The molecule has 22 heavy (non-hydrogen) atoms. The maximum atomic E-state index is 12.5. The van der Waals surface area contributed by atoms with Gasteiger partial charge >= 0.3 is 0 Å². The van der Waals surface area contributed by atoms with Crippen molar-refractivity contribution in [3.63, 3.8) is 0 Å². The SMILES string of the molecule is Cc1ccc(N2CCC(NC(=O)C3COCCN3)C2=O)cc1. The standard InChI is InChI=1S/C16H21N3O3/c1-11-2-4-12(5-3-11)19-8-6-13(16(19)21)18-15(20)14-10-22-9-7-17-14/h2-5,13-14,17H,6-10H2,1H3,(H,18,20). The van der Waals surface area contributed by atoms with E-state index in [0.717, 1.165) is 11.3 Å². The maximum absolute atomic E-state index is 12.5. The molecule has 2 unspecified atom stereocenters. The van der Waals surface area contributed by atoms with Crippen LogP contribution in [0.2, 0.25) is 0 Å². The monoisotopic (exact) mass is 303 g/mol. The Kier molecular flexibility index (Phi) is 4.40. The molecular weight excluding hydrogens is 282 g/mol. The molecule has 2 atom stereocenters. The van der Waals surface area contributed by atoms with Crippen molar-refractivity contribution in [2.45, 2.75) is 25.4 Å². The fourth-order valence-corrected chi connectivity index (χ4v) is 2.80. The number of benzene rings is 1. The molecule has 0 bridgehead atoms. The fraction of sp³-hybridized carbons (Fsp3) is 0.500. The highest BCUT2D eigenvalue weighted by atomic mass is 16.5. The third kappa shape index (κ3) is 3.13. The predicted octanol–water partition coefficient (Wildman–Crippen LogP) is 0.205. The second-order valence-corrected chi connectivity index (χ2v) is 5.76. The van der Waals surface area contributed by atoms with Gasteiger partial charge in [0.2, 0.25) is 11.8 Å². The lowest BCUT2D eigenvalue weighted by atomic mass is 10.2. The number of amides is 2. The maximum Gasteiger partial charge on any atom is 0.249 e. The summed E-state index contributed by atoms with van der Waals surface area (Å²) >= 11 is 0. The van der Waals surface area contributed by atoms with Crippen LogP contribution in [-0.2, 0) is 14.3 Å². The molecule has 3 rings (SSSR count). The first-order valence-corrected chi connectivity index (χ1v) is 7.65. The van der Waals surface area contributed by atoms with Gasteiger partial charge in [-0.25, -0.2) is 0 Å². The Morgan fingerprint density at radius 2 is 2.14 bits per heavy atom. The predicted molar refractivity (Wildman–Crippen MR) is 82.7 cm³/mol. The normalized spacial score (nSPS) is 25.3. The molecular formula is C16H21N3O3. The Morgan fingerprint density at radius 3 is 2.82 bits per heavy atom. The van der Waals surface area contributed by atoms with Crippen molar-refractivity contribution >= 4 is 17.5 Å². The van der Waals surface area contributed by atoms with Gasteiger partial charge in [0.25, 0.3) is 0 Å². The first kappa shape index (κ1) is 15.0. The number of rotatable bonds is 3. The lowest BCUT2D eigenvalue weighted by molar-refractivity contribution is -0.129. The molecule has 2 amide bonds. The summed E-state index contributed by atoms with van der Waals surface area (Å²) in [5.74, 6) is -0.210. The van der Waals surface area contributed by atoms with Crippen molar-refractivity contribution < 1.29 is 14.3 Å². The number of hydrogen-bond donors (Lipinski definition) is 2. The third-order valence-corrected chi connectivity index (χ3v) is 4.11. The van der Waals surface area contributed by atoms with E-state index in [0.29, 0.717) is 32.7 Å². The summed E-state index contributed by atoms with van der Waals surface area (Å²) in [6.45, 7) is 4.27. The van der Waals surface area contributed by atoms with Gasteiger partial charge in [0, 0.05) is 18.8 Å². The zero-order valence-electron chi connectivity index (χ0n) is 12.7. The van der Waals surface area contributed by atoms with Crippen LogP contribution >= 0.6 is 0 Å². The zero-order valence-corrected chi connectivity index (χ0v) is 12.7. The summed E-state index contributed by atoms with van der Waals surface area (Å²) in [7, 11) is 0. The van der Waals surface area contributed by atoms with Crippen LogP contribution in [0.15, 0.2) is 24.3 Å². The first-order chi connectivity index (χ1) is 10.6. The Morgan fingerprint density at radius 1 is 1.36 bits per heavy atom. The van der Waals surface area contributed by atoms with E-state index in [4.69, 9.17) is 4.74 Å². The van der Waals surface area contributed by atoms with Crippen LogP contribution in [0.5, 0.6) is 0 Å². The molecule has 0 spiro atoms. The van der Waals surface area contributed by atoms with Gasteiger partial charge in [0.05, 0.1) is 13.2 Å². The topological polar surface area (TPSA) is 70.7 Å². The van der Waals surface area contributed by atoms with Crippen LogP contribution in [0.1, 0.15) is 12.0 Å². The molecule has 2 heterocycles. The average Bonchev–Trinajstić information content (AvgIpc) is 2.90. The van der Waals surface area contributed by atoms with Gasteiger partial charge in [-0.3, -0.25) is 9.59 Å². The molecule has 1 aromatic carbocycles. The van der Waals surface area contributed by atoms with Crippen LogP contribution < -0.4 is 15.5 Å². The van der Waals surface area contributed by atoms with Crippen LogP contribution in [-0.4, -0.2) is 50.2 Å². The summed E-state index contributed by atoms with van der Waals surface area (Å²) in [6, 6.07) is 7.03. The molecule has 2 N–H and O–H groups in total. The zero-order chi connectivity index (χ0) is 15.5. The molecule has 0 radical (unpaired) electrons. The Hall–Kier alpha value is -1.92. The lowest BCUT2D eigenvalue weighted by Gasteiger charge is -2.24. The van der Waals surface area contributed by atoms with Gasteiger partial charge in [-0.15, -0.1) is 0 Å². The molecule has 1 aromatic rings. The van der Waals surface area contributed by atoms with E-state index in [1.54, 1.807) is 4.90 Å². The van der Waals surface area contributed by atoms with Crippen LogP contribution in [0.25, 0.3) is 0 Å². The summed E-state index contributed by atoms with van der Waals surface area (Å²) in [5, 5.41) is 5.93. The molecule has 0 aromatic heterocycles. The molecule has 2 fully saturated rings. The number of ether oxygens (including phenoxy) is 1. The highest BCUT2D eigenvalue weighted by molar-refractivity contribution is 6.01. The summed E-state index contributed by atoms with van der Waals surface area (Å²) in [5.41, 5.74) is 2.04. The van der Waals surface area contributed by atoms with Crippen LogP contribution in [0.4, 0.5) is 5.69 Å². The van der Waals surface area contributed by atoms with Crippen molar-refractivity contribution in [3.05, 3.63) is 29.8 Å². The Balaban J connectivity index is 1.61. The van der Waals surface area contributed by atoms with Crippen LogP contribution in [0.3, 0.4) is 0 Å². The first-order valence-electron chi connectivity index (χ1n) is 7.65. The van der Waals surface area contributed by atoms with E-state index in [-0.39, 0.29) is 17.9 Å². The number of hydrogen-bond acceptors (Lipinski definition) is 4. The van der Waals surface area contributed by atoms with E-state index < -0.39 is 6.04 Å². The number of nitrogens with zero attached hydrogens (tertiary/aromatic N) is 1. The summed E-state index contributed by atoms with van der Waals surface area (Å²) < 4.78 is 5.28. The molecule has 6 nitrogen and oxygen atoms in total. The number of aryl methyl sites for hydroxylation is 1. The van der Waals surface area contributed by atoms with Gasteiger partial charge < -0.3 is 20.3 Å². The van der Waals surface area contributed by atoms with Crippen molar-refractivity contribution in [1.29, 1.82) is 0 Å². The van der Waals surface area contributed by atoms with E-state index in [2.05, 4.69) is 10.6 Å². The number of carbonyl (C=O) groups is 2. The quantitative estimate of drug-likeness (QED) is 0.837. The smallest absolute Gasteiger partial charge is 0.249 e. The van der Waals surface area contributed by atoms with E-state index in [9.17, 15) is 9.59 Å². The fourth-order valence-electron chi connectivity index (χ4n) is 2.80. The second-order valence-electron chi connectivity index (χ2n) is 5.76. The third-order valence-electron chi connectivity index (χ3n) is 4.11. The second kappa shape index (κ2) is 6.46. The van der Waals surface area contributed by atoms with E-state index in [1.165, 1.54) is 0 Å². The Bertz CT molecular complexity index is 552. The van der Waals surface area contributed by atoms with Gasteiger partial charge in [-0.05, 0) is 25.5 Å². The minimum Gasteiger partial charge on any atom is -0.378 e. The highest BCUT2D eigenvalue weighted by Gasteiger charge is 2.35. The van der Waals surface area contributed by atoms with Gasteiger partial charge in [0.1, 0.15) is 12.1 Å². The van der Waals surface area contributed by atoms with E-state index >= 15 is 0 Å². The largest absolute Gasteiger partial charge is 0.378 e. The van der Waals surface area contributed by atoms with Crippen molar-refractivity contribution in [2.75, 3.05) is 31.2 Å². The Labute approximate surface area is 129 Å². The summed E-state index contributed by atoms with van der Waals surface area (Å²) in [6.07, 6.45) is 0.631. The van der Waals surface area contributed by atoms with E-state index in [1.807, 2.05) is 31.2 Å². The molecule has 2 aliphatic heterocycles. The van der Waals surface area contributed by atoms with Crippen molar-refractivity contribution in [1.82, 2.24) is 10.6 Å². The molecule has 118 valence electrons. The average molecular weight is 303 g/mol. The lowest BCUT2D eigenvalue weighted by Crippen LogP contribution is -2.54. The number of carbonyl (C=O) groups excluding carboxylic acids is 2. The highest BCUT2D eigenvalue weighted by Crippen LogP contribution is 2.22. The molecule has 0 aliphatic carbocycles. The van der Waals surface area contributed by atoms with Crippen molar-refractivity contribution in [3.8, 4) is 0 Å². The number of anilines is 1. The summed E-state index contributed by atoms with van der Waals surface area (Å²) in [4.78, 5) is 26.4. The molecule has 2 aliphatic rings. The molecule has 2 saturated heterocycles. The minimum atomic E-state index is -0.447. The molecule has 0 saturated carbocycles.